The van der Waals surface area contributed by atoms with Gasteiger partial charge in [0, 0.05) is 29.5 Å². The summed E-state index contributed by atoms with van der Waals surface area (Å²) < 4.78 is 12.0. The predicted octanol–water partition coefficient (Wildman–Crippen LogP) is 5.28. The van der Waals surface area contributed by atoms with Gasteiger partial charge in [-0.1, -0.05) is 29.8 Å². The summed E-state index contributed by atoms with van der Waals surface area (Å²) in [6.07, 6.45) is 5.85. The van der Waals surface area contributed by atoms with Crippen molar-refractivity contribution >= 4 is 33.7 Å². The van der Waals surface area contributed by atoms with E-state index in [2.05, 4.69) is 4.98 Å². The van der Waals surface area contributed by atoms with Gasteiger partial charge in [0.1, 0.15) is 16.0 Å². The molecule has 0 atom stereocenters. The molecule has 4 aromatic rings. The first-order chi connectivity index (χ1) is 18.1. The van der Waals surface area contributed by atoms with Crippen LogP contribution in [0.3, 0.4) is 0 Å². The molecule has 38 heavy (non-hydrogen) atoms. The van der Waals surface area contributed by atoms with Gasteiger partial charge in [0.15, 0.2) is 0 Å². The Morgan fingerprint density at radius 2 is 1.89 bits per heavy atom. The zero-order valence-electron chi connectivity index (χ0n) is 21.6. The summed E-state index contributed by atoms with van der Waals surface area (Å²) in [5.74, 6) is -0.621. The number of hydrogen-bond acceptors (Lipinski definition) is 7. The van der Waals surface area contributed by atoms with E-state index in [4.69, 9.17) is 25.9 Å². The maximum absolute atomic E-state index is 13.4. The molecule has 3 aromatic heterocycles. The number of halogens is 1. The number of carboxylic acid groups (broad SMARTS) is 1. The van der Waals surface area contributed by atoms with Crippen molar-refractivity contribution in [2.45, 2.75) is 58.0 Å². The highest BCUT2D eigenvalue weighted by Gasteiger charge is 2.34. The van der Waals surface area contributed by atoms with Gasteiger partial charge >= 0.3 is 5.97 Å². The van der Waals surface area contributed by atoms with Gasteiger partial charge in [-0.3, -0.25) is 14.0 Å². The second-order valence-corrected chi connectivity index (χ2v) is 11.2. The Morgan fingerprint density at radius 1 is 1.21 bits per heavy atom. The Morgan fingerprint density at radius 3 is 2.47 bits per heavy atom. The van der Waals surface area contributed by atoms with E-state index >= 15 is 0 Å². The number of nitrogens with zero attached hydrogens (tertiary/aromatic N) is 2. The summed E-state index contributed by atoms with van der Waals surface area (Å²) in [6, 6.07) is 9.36. The van der Waals surface area contributed by atoms with Crippen LogP contribution in [0.25, 0.3) is 15.6 Å². The summed E-state index contributed by atoms with van der Waals surface area (Å²) in [5, 5.41) is 19.3. The van der Waals surface area contributed by atoms with Crippen molar-refractivity contribution < 1.29 is 24.2 Å². The molecule has 1 aliphatic rings. The van der Waals surface area contributed by atoms with Crippen molar-refractivity contribution in [3.63, 3.8) is 0 Å². The average Bonchev–Trinajstić information content (AvgIpc) is 3.54. The molecule has 8 nitrogen and oxygen atoms in total. The van der Waals surface area contributed by atoms with Crippen LogP contribution in [0.5, 0.6) is 0 Å². The molecule has 0 unspecified atom stereocenters. The number of fused-ring (bicyclic) bond motifs is 1. The summed E-state index contributed by atoms with van der Waals surface area (Å²) in [5.41, 5.74) is 1.12. The number of benzene rings is 1. The summed E-state index contributed by atoms with van der Waals surface area (Å²) in [6.45, 7) is 6.39. The number of carbonyl (C=O) groups is 1. The number of aromatic nitrogens is 2. The Kier molecular flexibility index (Phi) is 8.72. The Balaban J connectivity index is 0.000000417. The van der Waals surface area contributed by atoms with E-state index in [1.54, 1.807) is 30.5 Å². The van der Waals surface area contributed by atoms with Crippen molar-refractivity contribution in [2.75, 3.05) is 13.2 Å². The van der Waals surface area contributed by atoms with Crippen molar-refractivity contribution in [3.05, 3.63) is 80.6 Å². The van der Waals surface area contributed by atoms with Crippen LogP contribution in [-0.4, -0.2) is 44.9 Å². The van der Waals surface area contributed by atoms with Gasteiger partial charge in [-0.15, -0.1) is 11.3 Å². The minimum Gasteiger partial charge on any atom is -0.481 e. The molecule has 1 aliphatic heterocycles. The van der Waals surface area contributed by atoms with Crippen LogP contribution in [0.4, 0.5) is 0 Å². The van der Waals surface area contributed by atoms with Crippen molar-refractivity contribution in [2.24, 2.45) is 0 Å². The first-order valence-corrected chi connectivity index (χ1v) is 13.6. The highest BCUT2D eigenvalue weighted by molar-refractivity contribution is 7.21. The largest absolute Gasteiger partial charge is 0.481 e. The quantitative estimate of drug-likeness (QED) is 0.331. The zero-order valence-corrected chi connectivity index (χ0v) is 23.1. The lowest BCUT2D eigenvalue weighted by Crippen LogP contribution is -2.36. The summed E-state index contributed by atoms with van der Waals surface area (Å²) in [4.78, 5) is 31.1. The molecule has 10 heteroatoms. The fourth-order valence-electron chi connectivity index (χ4n) is 4.27. The molecule has 202 valence electrons. The minimum absolute atomic E-state index is 0.0891. The first kappa shape index (κ1) is 28.0. The number of rotatable bonds is 6. The molecular formula is C28H31ClN2O6S. The lowest BCUT2D eigenvalue weighted by atomic mass is 9.84. The van der Waals surface area contributed by atoms with Crippen molar-refractivity contribution in [1.82, 2.24) is 9.38 Å². The number of thiazole rings is 1. The number of oxazole rings is 1. The van der Waals surface area contributed by atoms with Gasteiger partial charge in [0.05, 0.1) is 17.7 Å². The van der Waals surface area contributed by atoms with Crippen LogP contribution in [-0.2, 0) is 27.8 Å². The molecule has 2 N–H and O–H groups in total. The Labute approximate surface area is 229 Å². The topological polar surface area (TPSA) is 114 Å². The van der Waals surface area contributed by atoms with Crippen LogP contribution >= 0.6 is 22.9 Å². The number of aryl methyl sites for hydroxylation is 3. The maximum Gasteiger partial charge on any atom is 0.313 e. The van der Waals surface area contributed by atoms with Crippen LogP contribution < -0.4 is 5.56 Å². The van der Waals surface area contributed by atoms with Crippen LogP contribution in [0.2, 0.25) is 5.02 Å². The van der Waals surface area contributed by atoms with Crippen molar-refractivity contribution in [3.8, 4) is 10.8 Å². The molecule has 5 rings (SSSR count). The van der Waals surface area contributed by atoms with Crippen LogP contribution in [0.15, 0.2) is 52.0 Å². The lowest BCUT2D eigenvalue weighted by molar-refractivity contribution is -0.142. The highest BCUT2D eigenvalue weighted by atomic mass is 35.5. The number of aliphatic carboxylic acids is 1. The number of aliphatic hydroxyl groups excluding tert-OH is 1. The zero-order chi connectivity index (χ0) is 27.4. The molecule has 0 radical (unpaired) electrons. The fourth-order valence-corrected chi connectivity index (χ4v) is 5.73. The third kappa shape index (κ3) is 5.86. The second-order valence-electron chi connectivity index (χ2n) is 9.75. The Hall–Kier alpha value is -2.98. The first-order valence-electron chi connectivity index (χ1n) is 12.4. The summed E-state index contributed by atoms with van der Waals surface area (Å²) in [7, 11) is 0. The fraction of sp³-hybridized carbons (Fsp3) is 0.393. The lowest BCUT2D eigenvalue weighted by Gasteiger charge is -2.20. The Bertz CT molecular complexity index is 1470. The molecule has 0 spiro atoms. The molecule has 0 amide bonds. The average molecular weight is 559 g/mol. The standard InChI is InChI=1S/C23H21ClN2O4S.C5H10O2/c1-13-18(19-25-10-11-30-19)31-21-15(9-8-14-6-4-5-7-17(14)24)12-16(20(27)26(13)21)23(2,3)22(28)29;6-5-1-3-7-4-2-5/h4-7,10-12H,8-9H2,1-3H3,(H,28,29);5-6H,1-4H2. The monoisotopic (exact) mass is 558 g/mol. The van der Waals surface area contributed by atoms with Crippen molar-refractivity contribution in [1.29, 1.82) is 0 Å². The smallest absolute Gasteiger partial charge is 0.313 e. The number of hydrogen-bond donors (Lipinski definition) is 2. The van der Waals surface area contributed by atoms with Gasteiger partial charge in [-0.2, -0.15) is 0 Å². The molecule has 1 aromatic carbocycles. The van der Waals surface area contributed by atoms with Gasteiger partial charge in [-0.05, 0) is 69.7 Å². The number of aliphatic hydroxyl groups is 1. The third-order valence-corrected chi connectivity index (χ3v) is 8.42. The molecule has 1 fully saturated rings. The van der Waals surface area contributed by atoms with E-state index in [-0.39, 0.29) is 17.2 Å². The van der Waals surface area contributed by atoms with Gasteiger partial charge in [0.25, 0.3) is 5.56 Å². The van der Waals surface area contributed by atoms with Gasteiger partial charge in [0.2, 0.25) is 5.89 Å². The summed E-state index contributed by atoms with van der Waals surface area (Å²) >= 11 is 7.74. The minimum atomic E-state index is -1.34. The van der Waals surface area contributed by atoms with E-state index < -0.39 is 11.4 Å². The van der Waals surface area contributed by atoms with E-state index in [0.29, 0.717) is 29.4 Å². The molecule has 1 saturated heterocycles. The molecule has 4 heterocycles. The molecule has 0 saturated carbocycles. The normalized spacial score (nSPS) is 14.3. The van der Waals surface area contributed by atoms with Crippen LogP contribution in [0.1, 0.15) is 49.1 Å². The number of carboxylic acids is 1. The maximum atomic E-state index is 13.4. The van der Waals surface area contributed by atoms with Gasteiger partial charge in [-0.25, -0.2) is 4.98 Å². The van der Waals surface area contributed by atoms with Gasteiger partial charge < -0.3 is 19.4 Å². The molecule has 0 bridgehead atoms. The third-order valence-electron chi connectivity index (χ3n) is 6.74. The molecule has 0 aliphatic carbocycles. The number of ether oxygens (including phenoxy) is 1. The van der Waals surface area contributed by atoms with Crippen LogP contribution in [0, 0.1) is 6.92 Å². The van der Waals surface area contributed by atoms with E-state index in [1.165, 1.54) is 17.6 Å². The number of pyridine rings is 1. The molecular weight excluding hydrogens is 528 g/mol. The van der Waals surface area contributed by atoms with E-state index in [1.807, 2.05) is 31.2 Å². The second kappa shape index (κ2) is 11.8. The SMILES string of the molecule is Cc1c(-c2ncco2)sc2c(CCc3ccccc3Cl)cc(C(C)(C)C(=O)O)c(=O)n12.OC1CCOCC1. The highest BCUT2D eigenvalue weighted by Crippen LogP contribution is 2.35. The van der Waals surface area contributed by atoms with E-state index in [0.717, 1.165) is 46.9 Å². The van der Waals surface area contributed by atoms with E-state index in [9.17, 15) is 14.7 Å². The predicted molar refractivity (Wildman–Crippen MR) is 147 cm³/mol.